The van der Waals surface area contributed by atoms with Crippen LogP contribution in [0.3, 0.4) is 0 Å². The van der Waals surface area contributed by atoms with Crippen LogP contribution in [-0.4, -0.2) is 0 Å². The third kappa shape index (κ3) is 1.14. The maximum absolute atomic E-state index is 11.4. The predicted molar refractivity (Wildman–Crippen MR) is 52.8 cm³/mol. The Hall–Kier alpha value is -1.15. The van der Waals surface area contributed by atoms with Gasteiger partial charge in [-0.2, -0.15) is 0 Å². The van der Waals surface area contributed by atoms with Crippen LogP contribution in [0.5, 0.6) is 0 Å². The summed E-state index contributed by atoms with van der Waals surface area (Å²) >= 11 is 1.31. The second-order valence-electron chi connectivity index (χ2n) is 2.73. The zero-order valence-corrected chi connectivity index (χ0v) is 7.52. The van der Waals surface area contributed by atoms with E-state index in [2.05, 4.69) is 0 Å². The molecule has 0 aliphatic heterocycles. The summed E-state index contributed by atoms with van der Waals surface area (Å²) in [5.74, 6) is 0. The first-order valence-corrected chi connectivity index (χ1v) is 4.58. The van der Waals surface area contributed by atoms with Crippen LogP contribution in [0.2, 0.25) is 0 Å². The van der Waals surface area contributed by atoms with Crippen LogP contribution in [-0.2, 0) is 0 Å². The number of hydrogen-bond acceptors (Lipinski definition) is 2. The fraction of sp³-hybridized carbons (Fsp3) is 0.100. The van der Waals surface area contributed by atoms with Gasteiger partial charge in [0.05, 0.1) is 0 Å². The molecule has 0 bridgehead atoms. The molecule has 0 spiro atoms. The van der Waals surface area contributed by atoms with E-state index in [0.717, 1.165) is 15.6 Å². The lowest BCUT2D eigenvalue weighted by Crippen LogP contribution is -1.94. The molecule has 1 nitrogen and oxygen atoms in total. The molecule has 2 heteroatoms. The number of benzene rings is 1. The Labute approximate surface area is 74.3 Å². The van der Waals surface area contributed by atoms with Gasteiger partial charge in [-0.25, -0.2) is 0 Å². The van der Waals surface area contributed by atoms with E-state index < -0.39 is 0 Å². The summed E-state index contributed by atoms with van der Waals surface area (Å²) in [5.41, 5.74) is 0. The van der Waals surface area contributed by atoms with E-state index in [4.69, 9.17) is 0 Å². The zero-order valence-electron chi connectivity index (χ0n) is 6.70. The molecule has 0 unspecified atom stereocenters. The zero-order chi connectivity index (χ0) is 8.55. The minimum absolute atomic E-state index is 0.158. The molecule has 12 heavy (non-hydrogen) atoms. The van der Waals surface area contributed by atoms with Crippen molar-refractivity contribution in [3.05, 3.63) is 44.7 Å². The van der Waals surface area contributed by atoms with Gasteiger partial charge < -0.3 is 0 Å². The average Bonchev–Trinajstić information content (AvgIpc) is 2.04. The lowest BCUT2D eigenvalue weighted by Gasteiger charge is -1.95. The molecule has 0 amide bonds. The van der Waals surface area contributed by atoms with Crippen molar-refractivity contribution in [3.8, 4) is 0 Å². The summed E-state index contributed by atoms with van der Waals surface area (Å²) in [7, 11) is 0. The molecule has 1 aromatic carbocycles. The van der Waals surface area contributed by atoms with Gasteiger partial charge in [-0.15, -0.1) is 0 Å². The van der Waals surface area contributed by atoms with Crippen molar-refractivity contribution in [3.63, 3.8) is 0 Å². The third-order valence-electron chi connectivity index (χ3n) is 1.79. The van der Waals surface area contributed by atoms with E-state index in [9.17, 15) is 4.79 Å². The molecule has 60 valence electrons. The van der Waals surface area contributed by atoms with Gasteiger partial charge in [-0.1, -0.05) is 29.5 Å². The maximum atomic E-state index is 11.4. The summed E-state index contributed by atoms with van der Waals surface area (Å²) in [6, 6.07) is 9.73. The van der Waals surface area contributed by atoms with E-state index in [-0.39, 0.29) is 4.74 Å². The Morgan fingerprint density at radius 2 is 2.00 bits per heavy atom. The van der Waals surface area contributed by atoms with Gasteiger partial charge in [0.25, 0.3) is 0 Å². The largest absolute Gasteiger partial charge is 0.277 e. The molecule has 2 aromatic rings. The highest BCUT2D eigenvalue weighted by atomic mass is 32.1. The number of rotatable bonds is 0. The molecule has 1 aromatic heterocycles. The highest BCUT2D eigenvalue weighted by Gasteiger charge is 1.97. The van der Waals surface area contributed by atoms with Crippen LogP contribution in [0.1, 0.15) is 4.88 Å². The molecule has 0 saturated heterocycles. The van der Waals surface area contributed by atoms with Crippen molar-refractivity contribution < 1.29 is 0 Å². The molecule has 0 saturated carbocycles. The molecule has 0 radical (unpaired) electrons. The second-order valence-corrected chi connectivity index (χ2v) is 3.95. The van der Waals surface area contributed by atoms with E-state index in [1.807, 2.05) is 37.3 Å². The van der Waals surface area contributed by atoms with Crippen molar-refractivity contribution in [1.82, 2.24) is 0 Å². The van der Waals surface area contributed by atoms with Crippen LogP contribution in [0.25, 0.3) is 10.8 Å². The van der Waals surface area contributed by atoms with E-state index in [1.54, 1.807) is 0 Å². The summed E-state index contributed by atoms with van der Waals surface area (Å²) in [5, 5.41) is 1.87. The van der Waals surface area contributed by atoms with Gasteiger partial charge in [0.1, 0.15) is 0 Å². The summed E-state index contributed by atoms with van der Waals surface area (Å²) < 4.78 is 0.158. The Kier molecular flexibility index (Phi) is 1.70. The van der Waals surface area contributed by atoms with Gasteiger partial charge in [-0.3, -0.25) is 4.79 Å². The van der Waals surface area contributed by atoms with Gasteiger partial charge >= 0.3 is 0 Å². The van der Waals surface area contributed by atoms with E-state index in [1.165, 1.54) is 11.3 Å². The summed E-state index contributed by atoms with van der Waals surface area (Å²) in [6.07, 6.45) is 0. The maximum Gasteiger partial charge on any atom is 0.240 e. The highest BCUT2D eigenvalue weighted by Crippen LogP contribution is 2.13. The fourth-order valence-electron chi connectivity index (χ4n) is 1.26. The van der Waals surface area contributed by atoms with Crippen LogP contribution in [0, 0.1) is 6.92 Å². The van der Waals surface area contributed by atoms with E-state index >= 15 is 0 Å². The van der Waals surface area contributed by atoms with E-state index in [0.29, 0.717) is 0 Å². The van der Waals surface area contributed by atoms with Crippen LogP contribution in [0.15, 0.2) is 35.1 Å². The summed E-state index contributed by atoms with van der Waals surface area (Å²) in [4.78, 5) is 12.5. The highest BCUT2D eigenvalue weighted by molar-refractivity contribution is 7.09. The van der Waals surface area contributed by atoms with Gasteiger partial charge in [0.15, 0.2) is 0 Å². The molecule has 0 N–H and O–H groups in total. The third-order valence-corrected chi connectivity index (χ3v) is 2.64. The Bertz CT molecular complexity index is 470. The average molecular weight is 176 g/mol. The Balaban J connectivity index is 2.99. The Morgan fingerprint density at radius 3 is 2.83 bits per heavy atom. The van der Waals surface area contributed by atoms with Crippen molar-refractivity contribution in [2.75, 3.05) is 0 Å². The number of hydrogen-bond donors (Lipinski definition) is 0. The quantitative estimate of drug-likeness (QED) is 0.603. The minimum Gasteiger partial charge on any atom is -0.277 e. The monoisotopic (exact) mass is 176 g/mol. The van der Waals surface area contributed by atoms with Gasteiger partial charge in [0.2, 0.25) is 4.74 Å². The Morgan fingerprint density at radius 1 is 1.25 bits per heavy atom. The first kappa shape index (κ1) is 7.50. The van der Waals surface area contributed by atoms with Crippen molar-refractivity contribution in [2.24, 2.45) is 0 Å². The molecule has 0 aliphatic carbocycles. The molecule has 0 atom stereocenters. The molecule has 0 aliphatic rings. The van der Waals surface area contributed by atoms with Crippen molar-refractivity contribution in [1.29, 1.82) is 0 Å². The molecular formula is C10H8OS. The molecule has 2 rings (SSSR count). The van der Waals surface area contributed by atoms with Crippen LogP contribution in [0.4, 0.5) is 0 Å². The first-order chi connectivity index (χ1) is 5.77. The van der Waals surface area contributed by atoms with Crippen LogP contribution < -0.4 is 4.74 Å². The SMILES string of the molecule is Cc1cc2ccccc2c(=O)s1. The fourth-order valence-corrected chi connectivity index (χ4v) is 2.03. The second kappa shape index (κ2) is 2.72. The molecule has 0 fully saturated rings. The van der Waals surface area contributed by atoms with Gasteiger partial charge in [0, 0.05) is 10.3 Å². The predicted octanol–water partition coefficient (Wildman–Crippen LogP) is 2.57. The number of aryl methyl sites for hydroxylation is 1. The number of fused-ring (bicyclic) bond motifs is 1. The van der Waals surface area contributed by atoms with Crippen molar-refractivity contribution in [2.45, 2.75) is 6.92 Å². The summed E-state index contributed by atoms with van der Waals surface area (Å²) in [6.45, 7) is 1.96. The molecule has 1 heterocycles. The first-order valence-electron chi connectivity index (χ1n) is 3.77. The lowest BCUT2D eigenvalue weighted by molar-refractivity contribution is 1.62. The molecular weight excluding hydrogens is 168 g/mol. The topological polar surface area (TPSA) is 17.1 Å². The smallest absolute Gasteiger partial charge is 0.240 e. The normalized spacial score (nSPS) is 10.4. The minimum atomic E-state index is 0.158. The lowest BCUT2D eigenvalue weighted by atomic mass is 10.2. The van der Waals surface area contributed by atoms with Gasteiger partial charge in [-0.05, 0) is 24.4 Å². The standard InChI is InChI=1S/C10H8OS/c1-7-6-8-4-2-3-5-9(8)10(11)12-7/h2-6H,1H3. The van der Waals surface area contributed by atoms with Crippen LogP contribution >= 0.6 is 11.3 Å². The van der Waals surface area contributed by atoms with Crippen molar-refractivity contribution >= 4 is 22.1 Å².